The van der Waals surface area contributed by atoms with E-state index in [1.807, 2.05) is 24.3 Å². The predicted molar refractivity (Wildman–Crippen MR) is 90.7 cm³/mol. The van der Waals surface area contributed by atoms with E-state index >= 15 is 0 Å². The predicted octanol–water partition coefficient (Wildman–Crippen LogP) is 0.546. The third-order valence-electron chi connectivity index (χ3n) is 3.29. The Morgan fingerprint density at radius 3 is 2.64 bits per heavy atom. The number of benzene rings is 1. The summed E-state index contributed by atoms with van der Waals surface area (Å²) in [4.78, 5) is 23.2. The van der Waals surface area contributed by atoms with E-state index < -0.39 is 5.56 Å². The molecule has 0 bridgehead atoms. The van der Waals surface area contributed by atoms with Gasteiger partial charge in [-0.25, -0.2) is 4.98 Å². The summed E-state index contributed by atoms with van der Waals surface area (Å²) in [6, 6.07) is 7.48. The summed E-state index contributed by atoms with van der Waals surface area (Å²) in [5.41, 5.74) is 6.15. The molecular formula is C15H16ClN5O4. The van der Waals surface area contributed by atoms with E-state index in [2.05, 4.69) is 15.0 Å². The molecule has 0 saturated heterocycles. The topological polar surface area (TPSA) is 148 Å². The van der Waals surface area contributed by atoms with Gasteiger partial charge < -0.3 is 21.2 Å². The molecule has 0 amide bonds. The molecular weight excluding hydrogens is 350 g/mol. The van der Waals surface area contributed by atoms with Crippen molar-refractivity contribution in [2.45, 2.75) is 13.0 Å². The highest BCUT2D eigenvalue weighted by Gasteiger charge is 2.17. The van der Waals surface area contributed by atoms with Gasteiger partial charge in [-0.3, -0.25) is 4.79 Å². The molecule has 0 radical (unpaired) electrons. The molecule has 1 aromatic rings. The number of nitrogens with two attached hydrogens (primary N) is 1. The number of hydrogen-bond acceptors (Lipinski definition) is 7. The molecule has 5 N–H and O–H groups in total. The van der Waals surface area contributed by atoms with Crippen LogP contribution in [0, 0.1) is 0 Å². The van der Waals surface area contributed by atoms with E-state index in [1.165, 1.54) is 6.20 Å². The zero-order valence-electron chi connectivity index (χ0n) is 13.0. The molecule has 9 nitrogen and oxygen atoms in total. The van der Waals surface area contributed by atoms with Crippen molar-refractivity contribution < 1.29 is 15.4 Å². The van der Waals surface area contributed by atoms with E-state index in [4.69, 9.17) is 22.1 Å². The lowest BCUT2D eigenvalue weighted by Gasteiger charge is -2.10. The normalized spacial score (nSPS) is 10.6. The average molecular weight is 366 g/mol. The highest BCUT2D eigenvalue weighted by Crippen LogP contribution is 2.14. The molecule has 0 unspecified atom stereocenters. The standard InChI is InChI=1S/C15H14ClN5O3.H2O/c16-10-3-1-9(2-4-10)5-6-24-8-11-7-21(23)13-12(18-11)14(22)20-15(17)19-13;/h1-4,7,23H,5-6,8H2,(H2,17,20,22);1H2. The fourth-order valence-corrected chi connectivity index (χ4v) is 2.28. The summed E-state index contributed by atoms with van der Waals surface area (Å²) in [6.45, 7) is 0.586. The molecule has 0 spiro atoms. The van der Waals surface area contributed by atoms with Crippen molar-refractivity contribution in [1.29, 1.82) is 0 Å². The molecule has 0 fully saturated rings. The highest BCUT2D eigenvalue weighted by molar-refractivity contribution is 6.30. The molecule has 0 aliphatic carbocycles. The fraction of sp³-hybridized carbons (Fsp3) is 0.200. The number of hydrogen-bond donors (Lipinski definition) is 2. The van der Waals surface area contributed by atoms with Crippen molar-refractivity contribution in [2.24, 2.45) is 0 Å². The number of nitrogen functional groups attached to an aromatic ring is 1. The first-order valence-corrected chi connectivity index (χ1v) is 7.48. The van der Waals surface area contributed by atoms with E-state index in [9.17, 15) is 10.0 Å². The van der Waals surface area contributed by atoms with E-state index in [-0.39, 0.29) is 29.5 Å². The third-order valence-corrected chi connectivity index (χ3v) is 3.54. The van der Waals surface area contributed by atoms with Gasteiger partial charge in [-0.15, -0.1) is 0 Å². The number of nitrogens with zero attached hydrogens (tertiary/aromatic N) is 4. The Morgan fingerprint density at radius 1 is 1.20 bits per heavy atom. The second kappa shape index (κ2) is 7.88. The van der Waals surface area contributed by atoms with Crippen LogP contribution in [0.3, 0.4) is 0 Å². The van der Waals surface area contributed by atoms with Gasteiger partial charge >= 0.3 is 5.56 Å². The number of halogens is 1. The van der Waals surface area contributed by atoms with Crippen LogP contribution >= 0.6 is 11.6 Å². The maximum absolute atomic E-state index is 11.8. The van der Waals surface area contributed by atoms with Crippen LogP contribution in [0.1, 0.15) is 11.3 Å². The van der Waals surface area contributed by atoms with Crippen LogP contribution in [-0.4, -0.2) is 37.0 Å². The number of anilines is 1. The van der Waals surface area contributed by atoms with Crippen molar-refractivity contribution in [2.75, 3.05) is 12.3 Å². The summed E-state index contributed by atoms with van der Waals surface area (Å²) in [7, 11) is 0. The van der Waals surface area contributed by atoms with Crippen LogP contribution < -0.4 is 11.3 Å². The first kappa shape index (κ1) is 18.6. The Labute approximate surface area is 147 Å². The van der Waals surface area contributed by atoms with Gasteiger partial charge in [0, 0.05) is 5.02 Å². The first-order chi connectivity index (χ1) is 11.5. The SMILES string of the molecule is Nc1nc2n(O)cc(COCCc3ccc(Cl)cc3)nc-2c(=O)n1.O. The Balaban J connectivity index is 0.00000225. The zero-order chi connectivity index (χ0) is 17.1. The lowest BCUT2D eigenvalue weighted by atomic mass is 10.2. The summed E-state index contributed by atoms with van der Waals surface area (Å²) in [5, 5.41) is 10.6. The molecule has 2 heterocycles. The van der Waals surface area contributed by atoms with E-state index in [0.29, 0.717) is 28.5 Å². The lowest BCUT2D eigenvalue weighted by molar-refractivity contribution is 0.117. The number of rotatable bonds is 5. The first-order valence-electron chi connectivity index (χ1n) is 7.10. The van der Waals surface area contributed by atoms with Crippen LogP contribution in [-0.2, 0) is 17.8 Å². The van der Waals surface area contributed by atoms with Crippen molar-refractivity contribution in [1.82, 2.24) is 19.7 Å². The molecule has 0 atom stereocenters. The summed E-state index contributed by atoms with van der Waals surface area (Å²) in [5.74, 6) is -0.263. The quantitative estimate of drug-likeness (QED) is 0.495. The van der Waals surface area contributed by atoms with Crippen LogP contribution in [0.4, 0.5) is 5.95 Å². The third kappa shape index (κ3) is 4.41. The fourth-order valence-electron chi connectivity index (χ4n) is 2.16. The molecule has 25 heavy (non-hydrogen) atoms. The smallest absolute Gasteiger partial charge is 0.302 e. The molecule has 1 aromatic carbocycles. The maximum atomic E-state index is 11.8. The lowest BCUT2D eigenvalue weighted by Crippen LogP contribution is -2.21. The summed E-state index contributed by atoms with van der Waals surface area (Å²) in [6.07, 6.45) is 2.02. The van der Waals surface area contributed by atoms with Crippen molar-refractivity contribution in [3.63, 3.8) is 0 Å². The van der Waals surface area contributed by atoms with Crippen molar-refractivity contribution in [3.05, 3.63) is 57.1 Å². The minimum Gasteiger partial charge on any atom is -0.427 e. The van der Waals surface area contributed by atoms with Gasteiger partial charge in [0.05, 0.1) is 25.1 Å². The number of fused-ring (bicyclic) bond motifs is 1. The maximum Gasteiger partial charge on any atom is 0.302 e. The monoisotopic (exact) mass is 365 g/mol. The average Bonchev–Trinajstić information content (AvgIpc) is 2.54. The Hall–Kier alpha value is -2.75. The molecule has 0 aromatic heterocycles. The van der Waals surface area contributed by atoms with Gasteiger partial charge in [0.1, 0.15) is 0 Å². The molecule has 2 aliphatic heterocycles. The van der Waals surface area contributed by atoms with Crippen molar-refractivity contribution >= 4 is 17.5 Å². The minimum atomic E-state index is -0.650. The zero-order valence-corrected chi connectivity index (χ0v) is 13.8. The Morgan fingerprint density at radius 2 is 1.92 bits per heavy atom. The molecule has 0 saturated carbocycles. The van der Waals surface area contributed by atoms with Crippen LogP contribution in [0.2, 0.25) is 5.02 Å². The van der Waals surface area contributed by atoms with Crippen LogP contribution in [0.25, 0.3) is 11.5 Å². The van der Waals surface area contributed by atoms with Crippen molar-refractivity contribution in [3.8, 4) is 11.5 Å². The Bertz CT molecular complexity index is 884. The van der Waals surface area contributed by atoms with E-state index in [1.54, 1.807) is 0 Å². The molecule has 132 valence electrons. The summed E-state index contributed by atoms with van der Waals surface area (Å²) >= 11 is 5.83. The van der Waals surface area contributed by atoms with Gasteiger partial charge in [0.15, 0.2) is 5.69 Å². The second-order valence-electron chi connectivity index (χ2n) is 5.07. The molecule has 3 rings (SSSR count). The highest BCUT2D eigenvalue weighted by atomic mass is 35.5. The number of aromatic nitrogens is 4. The van der Waals surface area contributed by atoms with Gasteiger partial charge in [-0.2, -0.15) is 14.7 Å². The van der Waals surface area contributed by atoms with Crippen LogP contribution in [0.5, 0.6) is 0 Å². The van der Waals surface area contributed by atoms with Gasteiger partial charge in [0.25, 0.3) is 0 Å². The number of ether oxygens (including phenoxy) is 1. The second-order valence-corrected chi connectivity index (χ2v) is 5.50. The van der Waals surface area contributed by atoms with Gasteiger partial charge in [-0.1, -0.05) is 23.7 Å². The largest absolute Gasteiger partial charge is 0.427 e. The van der Waals surface area contributed by atoms with Gasteiger partial charge in [0.2, 0.25) is 11.8 Å². The Kier molecular flexibility index (Phi) is 5.86. The molecule has 2 aliphatic rings. The minimum absolute atomic E-state index is 0. The van der Waals surface area contributed by atoms with E-state index in [0.717, 1.165) is 5.56 Å². The van der Waals surface area contributed by atoms with Gasteiger partial charge in [-0.05, 0) is 24.1 Å². The van der Waals surface area contributed by atoms with Crippen LogP contribution in [0.15, 0.2) is 35.3 Å². The molecule has 10 heteroatoms. The summed E-state index contributed by atoms with van der Waals surface area (Å²) < 4.78 is 6.23.